The van der Waals surface area contributed by atoms with Crippen LogP contribution in [-0.4, -0.2) is 15.0 Å². The Morgan fingerprint density at radius 1 is 0.359 bits per heavy atom. The number of pyridine rings is 7. The van der Waals surface area contributed by atoms with Crippen molar-refractivity contribution in [3.8, 4) is 56.2 Å². The molecule has 0 N–H and O–H groups in total. The summed E-state index contributed by atoms with van der Waals surface area (Å²) in [6.07, 6.45) is 31.5. The van der Waals surface area contributed by atoms with Crippen LogP contribution in [0.2, 0.25) is 0 Å². The van der Waals surface area contributed by atoms with Crippen LogP contribution in [0.25, 0.3) is 99.2 Å². The Hall–Kier alpha value is -9.59. The first kappa shape index (κ1) is 76.1. The van der Waals surface area contributed by atoms with E-state index >= 15 is 0 Å². The molecule has 7 heterocycles. The highest BCUT2D eigenvalue weighted by Crippen LogP contribution is 2.49. The van der Waals surface area contributed by atoms with Gasteiger partial charge in [-0.3, -0.25) is 15.0 Å². The van der Waals surface area contributed by atoms with E-state index in [1.807, 2.05) is 75.6 Å². The van der Waals surface area contributed by atoms with Crippen molar-refractivity contribution in [3.63, 3.8) is 0 Å². The fraction of sp³-hybridized carbons (Fsp3) is 0.427. The molecule has 117 heavy (non-hydrogen) atoms. The SMILES string of the molecule is [2H]c1c(C)[n+](C)c(-c2cc(-c3cccnc3)ccc2C)c2ccc(C3CCC(C)(C)CC3)cc12.[2H]c1c(C)[n+](C)c(-c2ccncc2C)c2ccc(C3CCC(C)(C)CC3)cc12.[2H]c1c(C)[n+](C)c(-c2cnccc2C)c2ccc(C3CCC(C)(C)CC3)cc12.[2H]c1c([2H])[n+](C)c(-c2cc(C([2H])(C)C)cc(C)c2C)c2ccc(C3CCC(C)(C)CC3)cc12. The van der Waals surface area contributed by atoms with Crippen LogP contribution in [0.5, 0.6) is 0 Å². The van der Waals surface area contributed by atoms with Gasteiger partial charge in [-0.25, -0.2) is 4.57 Å². The van der Waals surface area contributed by atoms with Crippen molar-refractivity contribution < 1.29 is 26.5 Å². The van der Waals surface area contributed by atoms with Crippen LogP contribution in [0.1, 0.15) is 282 Å². The van der Waals surface area contributed by atoms with Crippen LogP contribution < -0.4 is 18.3 Å². The van der Waals surface area contributed by atoms with E-state index in [0.29, 0.717) is 69.5 Å². The van der Waals surface area contributed by atoms with Gasteiger partial charge in [-0.05, 0) is 326 Å². The highest BCUT2D eigenvalue weighted by Gasteiger charge is 2.34. The van der Waals surface area contributed by atoms with Gasteiger partial charge in [0.1, 0.15) is 29.6 Å². The second-order valence-electron chi connectivity index (χ2n) is 39.1. The van der Waals surface area contributed by atoms with Gasteiger partial charge in [0.2, 0.25) is 22.8 Å². The Kier molecular flexibility index (Phi) is 22.4. The molecule has 0 unspecified atom stereocenters. The fourth-order valence-corrected chi connectivity index (χ4v) is 19.4. The minimum Gasteiger partial charge on any atom is -0.264 e. The molecule has 0 radical (unpaired) electrons. The van der Waals surface area contributed by atoms with Gasteiger partial charge in [-0.2, -0.15) is 13.7 Å². The number of fused-ring (bicyclic) bond motifs is 4. The molecule has 0 amide bonds. The van der Waals surface area contributed by atoms with E-state index in [-0.39, 0.29) is 6.17 Å². The molecule has 7 nitrogen and oxygen atoms in total. The number of rotatable bonds is 10. The monoisotopic (exact) mass is 1560 g/mol. The lowest BCUT2D eigenvalue weighted by molar-refractivity contribution is -0.665. The quantitative estimate of drug-likeness (QED) is 0.128. The second kappa shape index (κ2) is 34.4. The Labute approximate surface area is 711 Å². The molecule has 7 aromatic heterocycles. The predicted octanol–water partition coefficient (Wildman–Crippen LogP) is 27.5. The highest BCUT2D eigenvalue weighted by molar-refractivity contribution is 5.98. The molecule has 606 valence electrons. The zero-order chi connectivity index (χ0) is 88.4. The molecular weight excluding hydrogens is 1420 g/mol. The molecule has 4 saturated carbocycles. The lowest BCUT2D eigenvalue weighted by Crippen LogP contribution is -2.35. The second-order valence-corrected chi connectivity index (χ2v) is 39.1. The third-order valence-corrected chi connectivity index (χ3v) is 28.2. The van der Waals surface area contributed by atoms with Crippen molar-refractivity contribution in [2.45, 2.75) is 257 Å². The number of benzene rings is 6. The summed E-state index contributed by atoms with van der Waals surface area (Å²) in [4.78, 5) is 12.9. The van der Waals surface area contributed by atoms with E-state index in [1.54, 1.807) is 0 Å². The molecule has 0 aliphatic heterocycles. The number of aryl methyl sites for hydroxylation is 4. The van der Waals surface area contributed by atoms with Crippen LogP contribution in [0, 0.1) is 77.0 Å². The maximum atomic E-state index is 8.96. The molecule has 17 rings (SSSR count). The molecule has 0 saturated heterocycles. The molecule has 6 aromatic carbocycles. The Balaban J connectivity index is 0.000000134. The van der Waals surface area contributed by atoms with Crippen LogP contribution in [-0.2, 0) is 28.2 Å². The molecule has 13 aromatic rings. The standard InChI is InChI=1S/C31H35N2.C29H38N.2C25H31N2/c1-21-8-9-25(26-7-6-16-32-20-26)19-29(21)30-28-11-10-24(18-27(28)17-22(2)33(30)5)23-12-14-31(3,4)15-13-23;1-19(2)25-16-20(3)21(4)27(18-25)28-26-9-8-23(17-24(26)12-15-30(28)7)22-10-13-29(5,6)14-11-22;1-17-16-26-13-10-22(17)24-23-7-6-20(15-21(23)14-18(2)27(24)5)19-8-11-25(3,4)12-9-19;1-17-10-13-26-16-23(17)24-22-7-6-20(15-21(22)14-18(2)27(24)5)19-8-11-25(3,4)12-9-19/h6-11,16-20,23H,12-15H2,1-5H3;8-9,12,15-19,22H,10-11,13-14H2,1-7H3;2*6-7,10,13-16,19H,8-9,11-12H2,1-5H3/q4*+1/i17D;12D,15D,19D;2*14D. The number of nitrogens with zero attached hydrogens (tertiary/aromatic N) is 7. The first-order valence-corrected chi connectivity index (χ1v) is 43.8. The lowest BCUT2D eigenvalue weighted by atomic mass is 9.71. The predicted molar refractivity (Wildman–Crippen MR) is 493 cm³/mol. The van der Waals surface area contributed by atoms with Crippen molar-refractivity contribution in [2.24, 2.45) is 49.9 Å². The summed E-state index contributed by atoms with van der Waals surface area (Å²) in [7, 11) is 8.11. The van der Waals surface area contributed by atoms with Gasteiger partial charge < -0.3 is 0 Å². The van der Waals surface area contributed by atoms with E-state index in [0.717, 1.165) is 116 Å². The number of hydrogen-bond donors (Lipinski definition) is 0. The molecule has 7 heteroatoms. The summed E-state index contributed by atoms with van der Waals surface area (Å²) in [5.74, 6) is 1.67. The normalized spacial score (nSPS) is 17.8. The van der Waals surface area contributed by atoms with Crippen LogP contribution in [0.15, 0.2) is 195 Å². The van der Waals surface area contributed by atoms with Crippen LogP contribution in [0.4, 0.5) is 0 Å². The van der Waals surface area contributed by atoms with Crippen LogP contribution in [0.3, 0.4) is 0 Å². The largest absolute Gasteiger partial charge is 0.264 e. The van der Waals surface area contributed by atoms with Gasteiger partial charge in [0.05, 0.1) is 49.3 Å². The van der Waals surface area contributed by atoms with Gasteiger partial charge >= 0.3 is 0 Å². The Morgan fingerprint density at radius 2 is 0.752 bits per heavy atom. The summed E-state index contributed by atoms with van der Waals surface area (Å²) >= 11 is 0. The zero-order valence-electron chi connectivity index (χ0n) is 80.8. The molecular formula is C110H135N7+4. The summed E-state index contributed by atoms with van der Waals surface area (Å²) in [5, 5.41) is 8.55. The topological polar surface area (TPSA) is 54.2 Å². The maximum absolute atomic E-state index is 8.96. The lowest BCUT2D eigenvalue weighted by Gasteiger charge is -2.34. The first-order chi connectivity index (χ1) is 58.1. The smallest absolute Gasteiger partial charge is 0.222 e. The average Bonchev–Trinajstić information content (AvgIpc) is 0.758. The van der Waals surface area contributed by atoms with Gasteiger partial charge in [0, 0.05) is 89.1 Å². The minimum absolute atomic E-state index is 0.229. The van der Waals surface area contributed by atoms with Gasteiger partial charge in [-0.1, -0.05) is 142 Å². The van der Waals surface area contributed by atoms with E-state index < -0.39 is 5.89 Å². The van der Waals surface area contributed by atoms with E-state index in [2.05, 4.69) is 275 Å². The van der Waals surface area contributed by atoms with E-state index in [9.17, 15) is 0 Å². The van der Waals surface area contributed by atoms with Crippen molar-refractivity contribution in [2.75, 3.05) is 0 Å². The summed E-state index contributed by atoms with van der Waals surface area (Å²) in [6.45, 7) is 39.7. The fourth-order valence-electron chi connectivity index (χ4n) is 19.4. The zero-order valence-corrected chi connectivity index (χ0v) is 74.8. The van der Waals surface area contributed by atoms with Crippen molar-refractivity contribution in [3.05, 3.63) is 268 Å². The highest BCUT2D eigenvalue weighted by atomic mass is 15.0. The average molecular weight is 1560 g/mol. The molecule has 4 aliphatic carbocycles. The molecule has 0 atom stereocenters. The first-order valence-electron chi connectivity index (χ1n) is 46.8. The number of aromatic nitrogens is 7. The van der Waals surface area contributed by atoms with Gasteiger partial charge in [0.15, 0.2) is 23.3 Å². The molecule has 4 aliphatic rings. The number of hydrogen-bond acceptors (Lipinski definition) is 3. The van der Waals surface area contributed by atoms with Crippen molar-refractivity contribution >= 4 is 43.1 Å². The molecule has 0 spiro atoms. The maximum Gasteiger partial charge on any atom is 0.222 e. The van der Waals surface area contributed by atoms with Crippen molar-refractivity contribution in [1.82, 2.24) is 15.0 Å². The van der Waals surface area contributed by atoms with Crippen LogP contribution >= 0.6 is 0 Å². The third kappa shape index (κ3) is 18.5. The van der Waals surface area contributed by atoms with E-state index in [4.69, 9.17) is 8.22 Å². The van der Waals surface area contributed by atoms with Crippen molar-refractivity contribution in [1.29, 1.82) is 0 Å². The molecule has 0 bridgehead atoms. The van der Waals surface area contributed by atoms with Gasteiger partial charge in [-0.15, -0.1) is 0 Å². The minimum atomic E-state index is -0.706. The Bertz CT molecular complexity index is 6000. The molecule has 4 fully saturated rings. The van der Waals surface area contributed by atoms with Gasteiger partial charge in [0.25, 0.3) is 0 Å². The third-order valence-electron chi connectivity index (χ3n) is 28.2. The summed E-state index contributed by atoms with van der Waals surface area (Å²) < 4.78 is 60.9. The summed E-state index contributed by atoms with van der Waals surface area (Å²) in [6, 6.07) is 48.5. The van der Waals surface area contributed by atoms with E-state index in [1.165, 1.54) is 159 Å². The summed E-state index contributed by atoms with van der Waals surface area (Å²) in [5.41, 5.74) is 28.6. The Morgan fingerprint density at radius 3 is 1.17 bits per heavy atom.